The van der Waals surface area contributed by atoms with Crippen LogP contribution in [0, 0.1) is 12.7 Å². The van der Waals surface area contributed by atoms with Crippen LogP contribution in [0.15, 0.2) is 41.6 Å². The monoisotopic (exact) mass is 247 g/mol. The molecule has 2 heteroatoms. The Labute approximate surface area is 109 Å². The third-order valence-electron chi connectivity index (χ3n) is 3.09. The second-order valence-corrected chi connectivity index (χ2v) is 4.71. The van der Waals surface area contributed by atoms with Crippen LogP contribution in [0.1, 0.15) is 38.3 Å². The van der Waals surface area contributed by atoms with Gasteiger partial charge >= 0.3 is 0 Å². The summed E-state index contributed by atoms with van der Waals surface area (Å²) >= 11 is 0. The molecule has 0 unspecified atom stereocenters. The van der Waals surface area contributed by atoms with Crippen LogP contribution in [-0.4, -0.2) is 0 Å². The summed E-state index contributed by atoms with van der Waals surface area (Å²) in [4.78, 5) is 0. The maximum Gasteiger partial charge on any atom is 0.131 e. The maximum atomic E-state index is 13.8. The number of halogens is 1. The lowest BCUT2D eigenvalue weighted by atomic mass is 10.0. The van der Waals surface area contributed by atoms with Crippen molar-refractivity contribution in [2.45, 2.75) is 40.7 Å². The highest BCUT2D eigenvalue weighted by atomic mass is 19.1. The molecule has 1 rings (SSSR count). The highest BCUT2D eigenvalue weighted by molar-refractivity contribution is 5.31. The molecule has 0 heterocycles. The SMILES string of the molecule is C=C(NCc1cccc(C)c1F)C(CC)=C(C)C. The standard InChI is InChI=1S/C16H22FN/c1-6-15(11(2)3)13(5)18-10-14-9-7-8-12(4)16(14)17/h7-9,18H,5-6,10H2,1-4H3. The van der Waals surface area contributed by atoms with E-state index in [1.54, 1.807) is 19.1 Å². The predicted molar refractivity (Wildman–Crippen MR) is 75.8 cm³/mol. The maximum absolute atomic E-state index is 13.8. The van der Waals surface area contributed by atoms with Crippen molar-refractivity contribution in [1.29, 1.82) is 0 Å². The number of nitrogens with one attached hydrogen (secondary N) is 1. The Morgan fingerprint density at radius 3 is 2.56 bits per heavy atom. The first-order valence-electron chi connectivity index (χ1n) is 6.30. The summed E-state index contributed by atoms with van der Waals surface area (Å²) in [7, 11) is 0. The lowest BCUT2D eigenvalue weighted by Gasteiger charge is -2.14. The van der Waals surface area contributed by atoms with Gasteiger partial charge in [-0.3, -0.25) is 0 Å². The van der Waals surface area contributed by atoms with Gasteiger partial charge in [-0.1, -0.05) is 37.3 Å². The quantitative estimate of drug-likeness (QED) is 0.756. The van der Waals surface area contributed by atoms with Crippen LogP contribution in [0.3, 0.4) is 0 Å². The lowest BCUT2D eigenvalue weighted by Crippen LogP contribution is -2.15. The zero-order chi connectivity index (χ0) is 13.7. The van der Waals surface area contributed by atoms with Crippen molar-refractivity contribution in [2.24, 2.45) is 0 Å². The first kappa shape index (κ1) is 14.5. The molecule has 1 N–H and O–H groups in total. The van der Waals surface area contributed by atoms with Gasteiger partial charge in [-0.15, -0.1) is 0 Å². The van der Waals surface area contributed by atoms with Crippen molar-refractivity contribution < 1.29 is 4.39 Å². The van der Waals surface area contributed by atoms with Crippen molar-refractivity contribution in [3.63, 3.8) is 0 Å². The average Bonchev–Trinajstić information content (AvgIpc) is 2.31. The number of hydrogen-bond donors (Lipinski definition) is 1. The molecule has 0 aliphatic rings. The van der Waals surface area contributed by atoms with Crippen LogP contribution in [-0.2, 0) is 6.54 Å². The van der Waals surface area contributed by atoms with Gasteiger partial charge in [0.05, 0.1) is 0 Å². The van der Waals surface area contributed by atoms with Crippen molar-refractivity contribution >= 4 is 0 Å². The van der Waals surface area contributed by atoms with Gasteiger partial charge in [0.25, 0.3) is 0 Å². The molecule has 0 radical (unpaired) electrons. The fourth-order valence-corrected chi connectivity index (χ4v) is 2.02. The summed E-state index contributed by atoms with van der Waals surface area (Å²) in [5, 5.41) is 3.21. The highest BCUT2D eigenvalue weighted by Crippen LogP contribution is 2.16. The Bertz CT molecular complexity index is 468. The van der Waals surface area contributed by atoms with E-state index in [0.29, 0.717) is 17.7 Å². The summed E-state index contributed by atoms with van der Waals surface area (Å²) in [6.07, 6.45) is 0.935. The second-order valence-electron chi connectivity index (χ2n) is 4.71. The number of aryl methyl sites for hydroxylation is 1. The highest BCUT2D eigenvalue weighted by Gasteiger charge is 2.06. The van der Waals surface area contributed by atoms with Crippen LogP contribution < -0.4 is 5.32 Å². The number of hydrogen-bond acceptors (Lipinski definition) is 1. The molecule has 0 saturated carbocycles. The van der Waals surface area contributed by atoms with Gasteiger partial charge in [-0.2, -0.15) is 0 Å². The molecule has 0 aliphatic carbocycles. The van der Waals surface area contributed by atoms with E-state index in [4.69, 9.17) is 0 Å². The van der Waals surface area contributed by atoms with Gasteiger partial charge in [0.15, 0.2) is 0 Å². The minimum atomic E-state index is -0.131. The first-order chi connectivity index (χ1) is 8.47. The topological polar surface area (TPSA) is 12.0 Å². The zero-order valence-corrected chi connectivity index (χ0v) is 11.7. The predicted octanol–water partition coefficient (Wildman–Crippen LogP) is 4.48. The largest absolute Gasteiger partial charge is 0.381 e. The van der Waals surface area contributed by atoms with Gasteiger partial charge in [0.1, 0.15) is 5.82 Å². The molecule has 0 amide bonds. The molecule has 0 bridgehead atoms. The molecule has 98 valence electrons. The molecule has 1 aromatic carbocycles. The van der Waals surface area contributed by atoms with E-state index in [1.165, 1.54) is 11.1 Å². The second kappa shape index (κ2) is 6.39. The Morgan fingerprint density at radius 2 is 2.00 bits per heavy atom. The van der Waals surface area contributed by atoms with Gasteiger partial charge in [0, 0.05) is 17.8 Å². The Kier molecular flexibility index (Phi) is 5.14. The number of allylic oxidation sites excluding steroid dienone is 2. The van der Waals surface area contributed by atoms with Crippen LogP contribution in [0.5, 0.6) is 0 Å². The van der Waals surface area contributed by atoms with Gasteiger partial charge in [-0.25, -0.2) is 4.39 Å². The first-order valence-corrected chi connectivity index (χ1v) is 6.30. The molecule has 0 saturated heterocycles. The van der Waals surface area contributed by atoms with E-state index in [-0.39, 0.29) is 5.82 Å². The van der Waals surface area contributed by atoms with E-state index < -0.39 is 0 Å². The molecular formula is C16H22FN. The summed E-state index contributed by atoms with van der Waals surface area (Å²) in [6, 6.07) is 5.46. The summed E-state index contributed by atoms with van der Waals surface area (Å²) in [5.74, 6) is -0.131. The molecule has 0 aliphatic heterocycles. The third-order valence-corrected chi connectivity index (χ3v) is 3.09. The van der Waals surface area contributed by atoms with Gasteiger partial charge in [-0.05, 0) is 38.3 Å². The van der Waals surface area contributed by atoms with Crippen LogP contribution in [0.25, 0.3) is 0 Å². The molecule has 1 aromatic rings. The van der Waals surface area contributed by atoms with E-state index in [1.807, 2.05) is 6.07 Å². The minimum absolute atomic E-state index is 0.131. The van der Waals surface area contributed by atoms with Crippen LogP contribution in [0.4, 0.5) is 4.39 Å². The summed E-state index contributed by atoms with van der Waals surface area (Å²) in [6.45, 7) is 12.5. The van der Waals surface area contributed by atoms with Crippen molar-refractivity contribution in [3.05, 3.63) is 58.6 Å². The third kappa shape index (κ3) is 3.46. The minimum Gasteiger partial charge on any atom is -0.381 e. The van der Waals surface area contributed by atoms with Crippen molar-refractivity contribution in [1.82, 2.24) is 5.32 Å². The fraction of sp³-hybridized carbons (Fsp3) is 0.375. The van der Waals surface area contributed by atoms with E-state index in [0.717, 1.165) is 12.1 Å². The van der Waals surface area contributed by atoms with Gasteiger partial charge in [0.2, 0.25) is 0 Å². The molecular weight excluding hydrogens is 225 g/mol. The summed E-state index contributed by atoms with van der Waals surface area (Å²) in [5.41, 5.74) is 4.71. The van der Waals surface area contributed by atoms with Crippen molar-refractivity contribution in [2.75, 3.05) is 0 Å². The molecule has 0 atom stereocenters. The zero-order valence-electron chi connectivity index (χ0n) is 11.7. The number of benzene rings is 1. The van der Waals surface area contributed by atoms with E-state index in [9.17, 15) is 4.39 Å². The molecule has 0 spiro atoms. The smallest absolute Gasteiger partial charge is 0.131 e. The summed E-state index contributed by atoms with van der Waals surface area (Å²) < 4.78 is 13.8. The van der Waals surface area contributed by atoms with E-state index >= 15 is 0 Å². The average molecular weight is 247 g/mol. The lowest BCUT2D eigenvalue weighted by molar-refractivity contribution is 0.593. The molecule has 18 heavy (non-hydrogen) atoms. The normalized spacial score (nSPS) is 10.1. The Balaban J connectivity index is 2.75. The number of rotatable bonds is 5. The fourth-order valence-electron chi connectivity index (χ4n) is 2.02. The Morgan fingerprint density at radius 1 is 1.33 bits per heavy atom. The van der Waals surface area contributed by atoms with Crippen molar-refractivity contribution in [3.8, 4) is 0 Å². The molecule has 1 nitrogen and oxygen atoms in total. The van der Waals surface area contributed by atoms with Crippen LogP contribution in [0.2, 0.25) is 0 Å². The van der Waals surface area contributed by atoms with Gasteiger partial charge < -0.3 is 5.32 Å². The van der Waals surface area contributed by atoms with Crippen LogP contribution >= 0.6 is 0 Å². The Hall–Kier alpha value is -1.57. The van der Waals surface area contributed by atoms with E-state index in [2.05, 4.69) is 32.7 Å². The molecule has 0 fully saturated rings. The molecule has 0 aromatic heterocycles.